The maximum Gasteiger partial charge on any atom is 0.126 e. The van der Waals surface area contributed by atoms with Gasteiger partial charge in [-0.05, 0) is 41.8 Å². The van der Waals surface area contributed by atoms with Gasteiger partial charge in [0.25, 0.3) is 0 Å². The summed E-state index contributed by atoms with van der Waals surface area (Å²) in [5.74, 6) is -0.435. The van der Waals surface area contributed by atoms with Crippen LogP contribution in [0.2, 0.25) is 0 Å². The summed E-state index contributed by atoms with van der Waals surface area (Å²) in [6.45, 7) is 2.86. The fourth-order valence-electron chi connectivity index (χ4n) is 1.74. The molecule has 0 saturated carbocycles. The van der Waals surface area contributed by atoms with E-state index in [0.29, 0.717) is 18.7 Å². The summed E-state index contributed by atoms with van der Waals surface area (Å²) in [7, 11) is 0. The van der Waals surface area contributed by atoms with E-state index in [4.69, 9.17) is 0 Å². The first-order valence-electron chi connectivity index (χ1n) is 5.85. The van der Waals surface area contributed by atoms with Crippen LogP contribution in [-0.2, 0) is 13.1 Å². The van der Waals surface area contributed by atoms with Gasteiger partial charge in [0.2, 0.25) is 0 Å². The van der Waals surface area contributed by atoms with E-state index < -0.39 is 0 Å². The van der Waals surface area contributed by atoms with Gasteiger partial charge in [0.15, 0.2) is 0 Å². The molecule has 94 valence electrons. The molecule has 0 radical (unpaired) electrons. The SMILES string of the molecule is Cc1ccc(CNCc2cccc(F)c2)cc1F. The lowest BCUT2D eigenvalue weighted by molar-refractivity contribution is 0.609. The number of nitrogens with one attached hydrogen (secondary N) is 1. The Balaban J connectivity index is 1.90. The highest BCUT2D eigenvalue weighted by molar-refractivity contribution is 5.23. The molecule has 2 aromatic carbocycles. The summed E-state index contributed by atoms with van der Waals surface area (Å²) in [5, 5.41) is 3.16. The highest BCUT2D eigenvalue weighted by atomic mass is 19.1. The molecule has 0 aromatic heterocycles. The topological polar surface area (TPSA) is 12.0 Å². The summed E-state index contributed by atoms with van der Waals surface area (Å²) >= 11 is 0. The molecule has 0 aliphatic heterocycles. The molecule has 2 rings (SSSR count). The molecule has 0 amide bonds. The molecule has 0 aliphatic carbocycles. The van der Waals surface area contributed by atoms with E-state index in [1.165, 1.54) is 18.2 Å². The highest BCUT2D eigenvalue weighted by Crippen LogP contribution is 2.09. The molecule has 2 aromatic rings. The first kappa shape index (κ1) is 12.7. The molecule has 1 N–H and O–H groups in total. The molecular formula is C15H15F2N. The zero-order valence-corrected chi connectivity index (χ0v) is 10.2. The van der Waals surface area contributed by atoms with E-state index in [-0.39, 0.29) is 11.6 Å². The van der Waals surface area contributed by atoms with Crippen molar-refractivity contribution in [2.75, 3.05) is 0 Å². The maximum atomic E-state index is 13.3. The fourth-order valence-corrected chi connectivity index (χ4v) is 1.74. The van der Waals surface area contributed by atoms with Crippen LogP contribution in [0.4, 0.5) is 8.78 Å². The minimum absolute atomic E-state index is 0.194. The lowest BCUT2D eigenvalue weighted by Gasteiger charge is -2.06. The fraction of sp³-hybridized carbons (Fsp3) is 0.200. The van der Waals surface area contributed by atoms with Gasteiger partial charge >= 0.3 is 0 Å². The normalized spacial score (nSPS) is 10.6. The van der Waals surface area contributed by atoms with Crippen molar-refractivity contribution in [1.29, 1.82) is 0 Å². The van der Waals surface area contributed by atoms with E-state index in [2.05, 4.69) is 5.32 Å². The Morgan fingerprint density at radius 3 is 2.33 bits per heavy atom. The predicted octanol–water partition coefficient (Wildman–Crippen LogP) is 3.56. The number of hydrogen-bond acceptors (Lipinski definition) is 1. The van der Waals surface area contributed by atoms with Gasteiger partial charge in [-0.1, -0.05) is 24.3 Å². The van der Waals surface area contributed by atoms with E-state index in [9.17, 15) is 8.78 Å². The van der Waals surface area contributed by atoms with Crippen LogP contribution in [0.25, 0.3) is 0 Å². The van der Waals surface area contributed by atoms with Crippen LogP contribution < -0.4 is 5.32 Å². The third kappa shape index (κ3) is 3.37. The Kier molecular flexibility index (Phi) is 4.05. The Morgan fingerprint density at radius 1 is 0.944 bits per heavy atom. The van der Waals surface area contributed by atoms with Crippen molar-refractivity contribution in [3.8, 4) is 0 Å². The van der Waals surface area contributed by atoms with Gasteiger partial charge in [-0.2, -0.15) is 0 Å². The molecule has 0 unspecified atom stereocenters. The van der Waals surface area contributed by atoms with Gasteiger partial charge in [0.05, 0.1) is 0 Å². The Morgan fingerprint density at radius 2 is 1.67 bits per heavy atom. The lowest BCUT2D eigenvalue weighted by Crippen LogP contribution is -2.13. The molecule has 0 bridgehead atoms. The van der Waals surface area contributed by atoms with Gasteiger partial charge in [-0.25, -0.2) is 8.78 Å². The second kappa shape index (κ2) is 5.74. The number of halogens is 2. The minimum atomic E-state index is -0.240. The zero-order valence-electron chi connectivity index (χ0n) is 10.2. The molecule has 0 spiro atoms. The summed E-state index contributed by atoms with van der Waals surface area (Å²) in [5.41, 5.74) is 2.40. The standard InChI is InChI=1S/C15H15F2N/c1-11-5-6-13(8-15(11)17)10-18-9-12-3-2-4-14(16)7-12/h2-8,18H,9-10H2,1H3. The van der Waals surface area contributed by atoms with Crippen LogP contribution in [0.3, 0.4) is 0 Å². The van der Waals surface area contributed by atoms with Crippen LogP contribution in [0.15, 0.2) is 42.5 Å². The number of hydrogen-bond donors (Lipinski definition) is 1. The minimum Gasteiger partial charge on any atom is -0.309 e. The summed E-state index contributed by atoms with van der Waals surface area (Å²) in [4.78, 5) is 0. The molecule has 0 fully saturated rings. The smallest absolute Gasteiger partial charge is 0.126 e. The molecule has 1 nitrogen and oxygen atoms in total. The second-order valence-corrected chi connectivity index (χ2v) is 4.32. The van der Waals surface area contributed by atoms with Crippen LogP contribution in [0.1, 0.15) is 16.7 Å². The zero-order chi connectivity index (χ0) is 13.0. The van der Waals surface area contributed by atoms with Crippen molar-refractivity contribution < 1.29 is 8.78 Å². The average Bonchev–Trinajstić information content (AvgIpc) is 2.34. The van der Waals surface area contributed by atoms with Crippen molar-refractivity contribution in [2.24, 2.45) is 0 Å². The summed E-state index contributed by atoms with van der Waals surface area (Å²) < 4.78 is 26.2. The third-order valence-electron chi connectivity index (χ3n) is 2.78. The largest absolute Gasteiger partial charge is 0.309 e. The maximum absolute atomic E-state index is 13.3. The summed E-state index contributed by atoms with van der Waals surface area (Å²) in [6.07, 6.45) is 0. The van der Waals surface area contributed by atoms with Crippen LogP contribution in [0.5, 0.6) is 0 Å². The van der Waals surface area contributed by atoms with E-state index >= 15 is 0 Å². The first-order chi connectivity index (χ1) is 8.65. The highest BCUT2D eigenvalue weighted by Gasteiger charge is 2.00. The Bertz CT molecular complexity index is 538. The molecule has 3 heteroatoms. The number of aryl methyl sites for hydroxylation is 1. The van der Waals surface area contributed by atoms with Gasteiger partial charge < -0.3 is 5.32 Å². The third-order valence-corrected chi connectivity index (χ3v) is 2.78. The molecule has 0 heterocycles. The monoisotopic (exact) mass is 247 g/mol. The van der Waals surface area contributed by atoms with Crippen molar-refractivity contribution in [3.63, 3.8) is 0 Å². The Hall–Kier alpha value is -1.74. The van der Waals surface area contributed by atoms with Gasteiger partial charge in [-0.15, -0.1) is 0 Å². The predicted molar refractivity (Wildman–Crippen MR) is 68.1 cm³/mol. The van der Waals surface area contributed by atoms with Crippen molar-refractivity contribution in [3.05, 3.63) is 70.8 Å². The molecular weight excluding hydrogens is 232 g/mol. The number of rotatable bonds is 4. The quantitative estimate of drug-likeness (QED) is 0.871. The van der Waals surface area contributed by atoms with E-state index in [1.807, 2.05) is 12.1 Å². The van der Waals surface area contributed by atoms with Gasteiger partial charge in [0.1, 0.15) is 11.6 Å². The second-order valence-electron chi connectivity index (χ2n) is 4.32. The number of benzene rings is 2. The molecule has 0 aliphatic rings. The van der Waals surface area contributed by atoms with Crippen LogP contribution >= 0.6 is 0 Å². The van der Waals surface area contributed by atoms with Gasteiger partial charge in [0, 0.05) is 13.1 Å². The average molecular weight is 247 g/mol. The molecule has 0 saturated heterocycles. The van der Waals surface area contributed by atoms with E-state index in [1.54, 1.807) is 19.1 Å². The summed E-state index contributed by atoms with van der Waals surface area (Å²) in [6, 6.07) is 11.6. The van der Waals surface area contributed by atoms with Crippen LogP contribution in [-0.4, -0.2) is 0 Å². The van der Waals surface area contributed by atoms with Crippen LogP contribution in [0, 0.1) is 18.6 Å². The Labute approximate surface area is 105 Å². The lowest BCUT2D eigenvalue weighted by atomic mass is 10.1. The van der Waals surface area contributed by atoms with Crippen molar-refractivity contribution in [2.45, 2.75) is 20.0 Å². The van der Waals surface area contributed by atoms with Gasteiger partial charge in [-0.3, -0.25) is 0 Å². The van der Waals surface area contributed by atoms with Crippen molar-refractivity contribution in [1.82, 2.24) is 5.32 Å². The molecule has 18 heavy (non-hydrogen) atoms. The van der Waals surface area contributed by atoms with E-state index in [0.717, 1.165) is 11.1 Å². The molecule has 0 atom stereocenters. The van der Waals surface area contributed by atoms with Crippen molar-refractivity contribution >= 4 is 0 Å². The first-order valence-corrected chi connectivity index (χ1v) is 5.85.